The van der Waals surface area contributed by atoms with Crippen LogP contribution in [0.2, 0.25) is 0 Å². The molecule has 11 aromatic rings. The highest BCUT2D eigenvalue weighted by molar-refractivity contribution is 6.22. The molecule has 0 N–H and O–H groups in total. The lowest BCUT2D eigenvalue weighted by Gasteiger charge is -2.11. The van der Waals surface area contributed by atoms with Gasteiger partial charge in [0.15, 0.2) is 17.5 Å². The van der Waals surface area contributed by atoms with Crippen LogP contribution in [0.3, 0.4) is 0 Å². The Labute approximate surface area is 309 Å². The molecule has 0 fully saturated rings. The maximum atomic E-state index is 6.71. The molecule has 0 saturated carbocycles. The van der Waals surface area contributed by atoms with Gasteiger partial charge in [0.05, 0.1) is 0 Å². The van der Waals surface area contributed by atoms with Gasteiger partial charge in [-0.25, -0.2) is 15.0 Å². The van der Waals surface area contributed by atoms with Gasteiger partial charge in [-0.15, -0.1) is 0 Å². The topological polar surface area (TPSA) is 65.0 Å². The summed E-state index contributed by atoms with van der Waals surface area (Å²) in [5, 5.41) is 6.30. The van der Waals surface area contributed by atoms with Gasteiger partial charge in [0, 0.05) is 43.6 Å². The maximum Gasteiger partial charge on any atom is 0.164 e. The molecule has 3 aromatic heterocycles. The predicted molar refractivity (Wildman–Crippen MR) is 219 cm³/mol. The Balaban J connectivity index is 1.17. The van der Waals surface area contributed by atoms with Crippen molar-refractivity contribution in [1.82, 2.24) is 15.0 Å². The van der Waals surface area contributed by atoms with Crippen LogP contribution < -0.4 is 0 Å². The molecule has 0 saturated heterocycles. The predicted octanol–water partition coefficient (Wildman–Crippen LogP) is 13.2. The van der Waals surface area contributed by atoms with Crippen LogP contribution in [0.25, 0.3) is 111 Å². The summed E-state index contributed by atoms with van der Waals surface area (Å²) in [4.78, 5) is 15.6. The summed E-state index contributed by atoms with van der Waals surface area (Å²) in [6.07, 6.45) is 0. The molecule has 0 amide bonds. The van der Waals surface area contributed by atoms with Gasteiger partial charge in [-0.2, -0.15) is 0 Å². The Bertz CT molecular complexity index is 3220. The Morgan fingerprint density at radius 2 is 0.889 bits per heavy atom. The molecule has 0 aliphatic rings. The lowest BCUT2D eigenvalue weighted by atomic mass is 9.94. The normalized spacial score (nSPS) is 11.7. The van der Waals surface area contributed by atoms with E-state index >= 15 is 0 Å². The molecule has 252 valence electrons. The second kappa shape index (κ2) is 12.1. The quantitative estimate of drug-likeness (QED) is 0.180. The van der Waals surface area contributed by atoms with Gasteiger partial charge in [0.25, 0.3) is 0 Å². The number of hydrogen-bond acceptors (Lipinski definition) is 5. The van der Waals surface area contributed by atoms with Crippen LogP contribution in [-0.2, 0) is 0 Å². The van der Waals surface area contributed by atoms with E-state index in [1.807, 2.05) is 48.5 Å². The van der Waals surface area contributed by atoms with E-state index in [0.29, 0.717) is 17.5 Å². The summed E-state index contributed by atoms with van der Waals surface area (Å²) in [7, 11) is 0. The molecule has 0 spiro atoms. The molecule has 0 aliphatic carbocycles. The monoisotopic (exact) mass is 691 g/mol. The first-order valence-electron chi connectivity index (χ1n) is 18.0. The van der Waals surface area contributed by atoms with Crippen molar-refractivity contribution in [3.8, 4) is 56.4 Å². The molecule has 0 bridgehead atoms. The molecule has 0 unspecified atom stereocenters. The summed E-state index contributed by atoms with van der Waals surface area (Å²) in [5.41, 5.74) is 10.4. The van der Waals surface area contributed by atoms with Crippen molar-refractivity contribution in [2.45, 2.75) is 0 Å². The van der Waals surface area contributed by atoms with E-state index < -0.39 is 0 Å². The van der Waals surface area contributed by atoms with Crippen LogP contribution in [-0.4, -0.2) is 15.0 Å². The highest BCUT2D eigenvalue weighted by Gasteiger charge is 2.21. The Hall–Kier alpha value is -7.37. The number of rotatable bonds is 5. The fourth-order valence-corrected chi connectivity index (χ4v) is 7.78. The maximum absolute atomic E-state index is 6.71. The zero-order valence-corrected chi connectivity index (χ0v) is 28.9. The Kier molecular flexibility index (Phi) is 6.79. The van der Waals surface area contributed by atoms with E-state index in [2.05, 4.69) is 127 Å². The average molecular weight is 692 g/mol. The van der Waals surface area contributed by atoms with Crippen molar-refractivity contribution in [2.75, 3.05) is 0 Å². The van der Waals surface area contributed by atoms with Gasteiger partial charge in [-0.1, -0.05) is 140 Å². The first kappa shape index (κ1) is 30.3. The van der Waals surface area contributed by atoms with Crippen LogP contribution in [0.1, 0.15) is 0 Å². The van der Waals surface area contributed by atoms with Crippen LogP contribution in [0.5, 0.6) is 0 Å². The number of furan rings is 2. The van der Waals surface area contributed by atoms with Crippen LogP contribution >= 0.6 is 0 Å². The third kappa shape index (κ3) is 4.90. The molecule has 3 heterocycles. The molecular weight excluding hydrogens is 663 g/mol. The summed E-state index contributed by atoms with van der Waals surface area (Å²) in [6.45, 7) is 0. The van der Waals surface area contributed by atoms with Crippen LogP contribution in [0.4, 0.5) is 0 Å². The lowest BCUT2D eigenvalue weighted by molar-refractivity contribution is 0.669. The zero-order chi connectivity index (χ0) is 35.6. The molecular formula is C49H29N3O2. The number of nitrogens with zero attached hydrogens (tertiary/aromatic N) is 3. The second-order valence-corrected chi connectivity index (χ2v) is 13.6. The summed E-state index contributed by atoms with van der Waals surface area (Å²) in [6, 6.07) is 60.4. The Morgan fingerprint density at radius 3 is 1.70 bits per heavy atom. The smallest absolute Gasteiger partial charge is 0.164 e. The fourth-order valence-electron chi connectivity index (χ4n) is 7.78. The molecule has 54 heavy (non-hydrogen) atoms. The van der Waals surface area contributed by atoms with Crippen molar-refractivity contribution in [3.05, 3.63) is 176 Å². The number of aromatic nitrogens is 3. The highest BCUT2D eigenvalue weighted by atomic mass is 16.3. The molecule has 8 aromatic carbocycles. The van der Waals surface area contributed by atoms with Gasteiger partial charge in [-0.3, -0.25) is 0 Å². The first-order chi connectivity index (χ1) is 26.7. The van der Waals surface area contributed by atoms with Crippen LogP contribution in [0.15, 0.2) is 185 Å². The van der Waals surface area contributed by atoms with Crippen molar-refractivity contribution < 1.29 is 8.83 Å². The van der Waals surface area contributed by atoms with Crippen LogP contribution in [0, 0.1) is 0 Å². The van der Waals surface area contributed by atoms with E-state index in [-0.39, 0.29) is 0 Å². The highest BCUT2D eigenvalue weighted by Crippen LogP contribution is 2.43. The van der Waals surface area contributed by atoms with Crippen molar-refractivity contribution in [2.24, 2.45) is 0 Å². The standard InChI is InChI=1S/C49H29N3O2/c1-3-13-30(14-4-1)32-17-11-18-33(27-32)47-50-48(34-25-26-37-36-20-9-10-23-42(36)53-44(37)28-34)52-49(51-47)39-22-12-24-43-45(39)41-29-40(31-15-5-2-6-16-31)35-19-7-8-21-38(35)46(41)54-43/h1-29H. The van der Waals surface area contributed by atoms with E-state index in [4.69, 9.17) is 23.8 Å². The minimum Gasteiger partial charge on any atom is -0.456 e. The Morgan fingerprint density at radius 1 is 0.296 bits per heavy atom. The first-order valence-corrected chi connectivity index (χ1v) is 18.0. The molecule has 5 heteroatoms. The van der Waals surface area contributed by atoms with E-state index in [1.54, 1.807) is 0 Å². The van der Waals surface area contributed by atoms with Gasteiger partial charge in [0.1, 0.15) is 22.3 Å². The van der Waals surface area contributed by atoms with E-state index in [9.17, 15) is 0 Å². The summed E-state index contributed by atoms with van der Waals surface area (Å²) in [5.74, 6) is 1.70. The number of para-hydroxylation sites is 1. The summed E-state index contributed by atoms with van der Waals surface area (Å²) >= 11 is 0. The van der Waals surface area contributed by atoms with E-state index in [0.717, 1.165) is 93.6 Å². The number of hydrogen-bond donors (Lipinski definition) is 0. The number of fused-ring (bicyclic) bond motifs is 8. The largest absolute Gasteiger partial charge is 0.456 e. The molecule has 11 rings (SSSR count). The summed E-state index contributed by atoms with van der Waals surface area (Å²) < 4.78 is 13.0. The van der Waals surface area contributed by atoms with E-state index in [1.165, 1.54) is 0 Å². The molecule has 0 atom stereocenters. The van der Waals surface area contributed by atoms with Gasteiger partial charge in [-0.05, 0) is 64.0 Å². The second-order valence-electron chi connectivity index (χ2n) is 13.6. The lowest BCUT2D eigenvalue weighted by Crippen LogP contribution is -2.00. The number of benzene rings is 8. The van der Waals surface area contributed by atoms with Gasteiger partial charge < -0.3 is 8.83 Å². The van der Waals surface area contributed by atoms with Crippen molar-refractivity contribution >= 4 is 54.6 Å². The minimum absolute atomic E-state index is 0.558. The molecule has 5 nitrogen and oxygen atoms in total. The van der Waals surface area contributed by atoms with Gasteiger partial charge in [0.2, 0.25) is 0 Å². The SMILES string of the molecule is c1ccc(-c2cccc(-c3nc(-c4ccc5c(c4)oc4ccccc45)nc(-c4cccc5oc6c7ccccc7c(-c7ccccc7)cc6c45)n3)c2)cc1. The third-order valence-corrected chi connectivity index (χ3v) is 10.3. The minimum atomic E-state index is 0.558. The molecule has 0 aliphatic heterocycles. The van der Waals surface area contributed by atoms with Crippen molar-refractivity contribution in [3.63, 3.8) is 0 Å². The average Bonchev–Trinajstić information content (AvgIpc) is 3.82. The zero-order valence-electron chi connectivity index (χ0n) is 28.9. The molecule has 0 radical (unpaired) electrons. The fraction of sp³-hybridized carbons (Fsp3) is 0. The van der Waals surface area contributed by atoms with Crippen molar-refractivity contribution in [1.29, 1.82) is 0 Å². The third-order valence-electron chi connectivity index (χ3n) is 10.3. The van der Waals surface area contributed by atoms with Gasteiger partial charge >= 0.3 is 0 Å².